The molecule has 3 rings (SSSR count). The van der Waals surface area contributed by atoms with Crippen LogP contribution in [0.15, 0.2) is 19.0 Å². The van der Waals surface area contributed by atoms with Crippen molar-refractivity contribution >= 4 is 17.5 Å². The molecule has 100 valence electrons. The number of aromatic nitrogens is 3. The van der Waals surface area contributed by atoms with Crippen LogP contribution in [0.25, 0.3) is 11.7 Å². The fourth-order valence-electron chi connectivity index (χ4n) is 2.80. The van der Waals surface area contributed by atoms with E-state index in [9.17, 15) is 0 Å². The van der Waals surface area contributed by atoms with Crippen LogP contribution in [0.5, 0.6) is 0 Å². The van der Waals surface area contributed by atoms with Gasteiger partial charge in [-0.2, -0.15) is 0 Å². The Morgan fingerprint density at radius 3 is 3.05 bits per heavy atom. The zero-order valence-electron chi connectivity index (χ0n) is 11.2. The number of hydrogen-bond donors (Lipinski definition) is 2. The van der Waals surface area contributed by atoms with Crippen LogP contribution >= 0.6 is 0 Å². The molecule has 0 aromatic carbocycles. The number of nitrogens with one attached hydrogen (secondary N) is 2. The van der Waals surface area contributed by atoms with Crippen molar-refractivity contribution in [3.8, 4) is 0 Å². The number of anilines is 1. The van der Waals surface area contributed by atoms with Gasteiger partial charge in [-0.25, -0.2) is 9.97 Å². The molecule has 1 aliphatic heterocycles. The molecule has 0 spiro atoms. The molecule has 0 aliphatic carbocycles. The summed E-state index contributed by atoms with van der Waals surface area (Å²) in [5, 5.41) is 6.57. The first-order chi connectivity index (χ1) is 9.35. The van der Waals surface area contributed by atoms with Crippen LogP contribution in [0.4, 0.5) is 5.82 Å². The van der Waals surface area contributed by atoms with E-state index < -0.39 is 0 Å². The Labute approximate surface area is 112 Å². The zero-order valence-corrected chi connectivity index (χ0v) is 11.2. The fourth-order valence-corrected chi connectivity index (χ4v) is 2.80. The first kappa shape index (κ1) is 12.2. The molecule has 0 radical (unpaired) electrons. The lowest BCUT2D eigenvalue weighted by Crippen LogP contribution is -2.29. The lowest BCUT2D eigenvalue weighted by Gasteiger charge is -2.23. The average Bonchev–Trinajstić information content (AvgIpc) is 2.91. The highest BCUT2D eigenvalue weighted by molar-refractivity contribution is 5.62. The number of hydrogen-bond acceptors (Lipinski definition) is 4. The lowest BCUT2D eigenvalue weighted by atomic mass is 9.96. The monoisotopic (exact) mass is 257 g/mol. The van der Waals surface area contributed by atoms with E-state index in [1.54, 1.807) is 6.20 Å². The summed E-state index contributed by atoms with van der Waals surface area (Å²) in [4.78, 5) is 8.85. The summed E-state index contributed by atoms with van der Waals surface area (Å²) in [5.74, 6) is 1.35. The molecule has 5 nitrogen and oxygen atoms in total. The van der Waals surface area contributed by atoms with Gasteiger partial charge in [0, 0.05) is 31.4 Å². The first-order valence-corrected chi connectivity index (χ1v) is 6.72. The molecule has 0 bridgehead atoms. The summed E-state index contributed by atoms with van der Waals surface area (Å²) in [5.41, 5.74) is 3.11. The molecule has 1 saturated heterocycles. The summed E-state index contributed by atoms with van der Waals surface area (Å²) >= 11 is 0. The predicted molar refractivity (Wildman–Crippen MR) is 77.5 cm³/mol. The van der Waals surface area contributed by atoms with E-state index in [-0.39, 0.29) is 0 Å². The van der Waals surface area contributed by atoms with E-state index in [1.165, 1.54) is 18.5 Å². The summed E-state index contributed by atoms with van der Waals surface area (Å²) in [7, 11) is 1.87. The van der Waals surface area contributed by atoms with Gasteiger partial charge in [0.2, 0.25) is 0 Å². The lowest BCUT2D eigenvalue weighted by molar-refractivity contribution is 0.453. The molecule has 2 aromatic rings. The van der Waals surface area contributed by atoms with Crippen LogP contribution in [-0.2, 0) is 0 Å². The summed E-state index contributed by atoms with van der Waals surface area (Å²) in [6.07, 6.45) is 8.03. The number of rotatable bonds is 3. The topological polar surface area (TPSA) is 54.2 Å². The van der Waals surface area contributed by atoms with Crippen molar-refractivity contribution in [1.29, 1.82) is 0 Å². The van der Waals surface area contributed by atoms with E-state index in [1.807, 2.05) is 19.3 Å². The van der Waals surface area contributed by atoms with E-state index in [0.717, 1.165) is 30.2 Å². The van der Waals surface area contributed by atoms with Crippen molar-refractivity contribution in [3.63, 3.8) is 0 Å². The molecule has 1 aliphatic rings. The van der Waals surface area contributed by atoms with Crippen molar-refractivity contribution in [2.24, 2.45) is 0 Å². The minimum absolute atomic E-state index is 0.509. The number of nitrogens with zero attached hydrogens (tertiary/aromatic N) is 3. The highest BCUT2D eigenvalue weighted by Gasteiger charge is 2.20. The molecule has 2 aromatic heterocycles. The van der Waals surface area contributed by atoms with Gasteiger partial charge in [0.15, 0.2) is 5.65 Å². The van der Waals surface area contributed by atoms with Crippen molar-refractivity contribution in [2.75, 3.05) is 25.5 Å². The first-order valence-electron chi connectivity index (χ1n) is 6.72. The van der Waals surface area contributed by atoms with Gasteiger partial charge in [0.1, 0.15) is 5.82 Å². The van der Waals surface area contributed by atoms with Crippen LogP contribution in [0.3, 0.4) is 0 Å². The Hall–Kier alpha value is -1.88. The smallest absolute Gasteiger partial charge is 0.156 e. The third-order valence-electron chi connectivity index (χ3n) is 3.75. The largest absolute Gasteiger partial charge is 0.371 e. The quantitative estimate of drug-likeness (QED) is 0.881. The van der Waals surface area contributed by atoms with Crippen molar-refractivity contribution < 1.29 is 0 Å². The van der Waals surface area contributed by atoms with Gasteiger partial charge in [-0.3, -0.25) is 4.40 Å². The normalized spacial score (nSPS) is 19.5. The molecule has 3 heterocycles. The SMILES string of the molecule is C=Cc1c(NC)ncc2ncc(C3CCCNC3)n12. The molecule has 0 saturated carbocycles. The molecule has 2 N–H and O–H groups in total. The van der Waals surface area contributed by atoms with Gasteiger partial charge in [-0.1, -0.05) is 6.58 Å². The third-order valence-corrected chi connectivity index (χ3v) is 3.75. The van der Waals surface area contributed by atoms with E-state index in [0.29, 0.717) is 5.92 Å². The Kier molecular flexibility index (Phi) is 3.21. The van der Waals surface area contributed by atoms with Crippen LogP contribution < -0.4 is 10.6 Å². The third kappa shape index (κ3) is 2.00. The second-order valence-electron chi connectivity index (χ2n) is 4.87. The highest BCUT2D eigenvalue weighted by atomic mass is 15.1. The number of fused-ring (bicyclic) bond motifs is 1. The zero-order chi connectivity index (χ0) is 13.2. The second kappa shape index (κ2) is 5.01. The Morgan fingerprint density at radius 1 is 1.47 bits per heavy atom. The molecular weight excluding hydrogens is 238 g/mol. The Bertz CT molecular complexity index is 595. The van der Waals surface area contributed by atoms with Crippen LogP contribution in [-0.4, -0.2) is 34.5 Å². The Morgan fingerprint density at radius 2 is 2.37 bits per heavy atom. The number of imidazole rings is 1. The van der Waals surface area contributed by atoms with E-state index >= 15 is 0 Å². The summed E-state index contributed by atoms with van der Waals surface area (Å²) in [6, 6.07) is 0. The molecular formula is C14H19N5. The molecule has 5 heteroatoms. The maximum atomic E-state index is 4.48. The van der Waals surface area contributed by atoms with Gasteiger partial charge in [0.25, 0.3) is 0 Å². The molecule has 19 heavy (non-hydrogen) atoms. The minimum Gasteiger partial charge on any atom is -0.371 e. The fraction of sp³-hybridized carbons (Fsp3) is 0.429. The predicted octanol–water partition coefficient (Wildman–Crippen LogP) is 1.88. The van der Waals surface area contributed by atoms with Crippen molar-refractivity contribution in [2.45, 2.75) is 18.8 Å². The van der Waals surface area contributed by atoms with Gasteiger partial charge in [-0.05, 0) is 25.5 Å². The van der Waals surface area contributed by atoms with Crippen LogP contribution in [0.2, 0.25) is 0 Å². The van der Waals surface area contributed by atoms with Gasteiger partial charge in [-0.15, -0.1) is 0 Å². The Balaban J connectivity index is 2.16. The molecule has 1 unspecified atom stereocenters. The second-order valence-corrected chi connectivity index (χ2v) is 4.87. The standard InChI is InChI=1S/C14H19N5/c1-3-11-14(15-2)18-9-13-17-8-12(19(11)13)10-5-4-6-16-7-10/h3,8-10,15-16H,1,4-7H2,2H3. The number of piperidine rings is 1. The van der Waals surface area contributed by atoms with Gasteiger partial charge >= 0.3 is 0 Å². The minimum atomic E-state index is 0.509. The maximum Gasteiger partial charge on any atom is 0.156 e. The maximum absolute atomic E-state index is 4.48. The molecule has 1 atom stereocenters. The van der Waals surface area contributed by atoms with Gasteiger partial charge < -0.3 is 10.6 Å². The average molecular weight is 257 g/mol. The summed E-state index contributed by atoms with van der Waals surface area (Å²) < 4.78 is 2.17. The molecule has 1 fully saturated rings. The molecule has 0 amide bonds. The van der Waals surface area contributed by atoms with Crippen molar-refractivity contribution in [1.82, 2.24) is 19.7 Å². The van der Waals surface area contributed by atoms with Crippen LogP contribution in [0.1, 0.15) is 30.1 Å². The highest BCUT2D eigenvalue weighted by Crippen LogP contribution is 2.27. The van der Waals surface area contributed by atoms with E-state index in [2.05, 4.69) is 31.6 Å². The van der Waals surface area contributed by atoms with Gasteiger partial charge in [0.05, 0.1) is 11.9 Å². The van der Waals surface area contributed by atoms with E-state index in [4.69, 9.17) is 0 Å². The summed E-state index contributed by atoms with van der Waals surface area (Å²) in [6.45, 7) is 6.04. The van der Waals surface area contributed by atoms with Crippen molar-refractivity contribution in [3.05, 3.63) is 30.4 Å². The van der Waals surface area contributed by atoms with Crippen LogP contribution in [0, 0.1) is 0 Å².